The number of carbonyl (C=O) groups is 1. The predicted molar refractivity (Wildman–Crippen MR) is 71.8 cm³/mol. The Balaban J connectivity index is 2.54. The van der Waals surface area contributed by atoms with Crippen LogP contribution in [0.5, 0.6) is 0 Å². The molecule has 1 N–H and O–H groups in total. The van der Waals surface area contributed by atoms with Crippen molar-refractivity contribution < 1.29 is 4.79 Å². The van der Waals surface area contributed by atoms with E-state index < -0.39 is 0 Å². The van der Waals surface area contributed by atoms with Gasteiger partial charge in [-0.3, -0.25) is 4.79 Å². The molecule has 0 unspecified atom stereocenters. The second-order valence-corrected chi connectivity index (χ2v) is 5.24. The van der Waals surface area contributed by atoms with E-state index in [-0.39, 0.29) is 11.9 Å². The standard InChI is InChI=1S/C15H23NO/c1-11(2)15(12(3)4)16-14(17)10-13-8-6-5-7-9-13/h5-9,11-12,15H,10H2,1-4H3,(H,16,17). The summed E-state index contributed by atoms with van der Waals surface area (Å²) in [4.78, 5) is 11.9. The number of amides is 1. The SMILES string of the molecule is CC(C)C(NC(=O)Cc1ccccc1)C(C)C. The molecule has 94 valence electrons. The lowest BCUT2D eigenvalue weighted by atomic mass is 9.93. The van der Waals surface area contributed by atoms with Crippen molar-refractivity contribution in [2.45, 2.75) is 40.2 Å². The highest BCUT2D eigenvalue weighted by Gasteiger charge is 2.19. The molecule has 0 heterocycles. The summed E-state index contributed by atoms with van der Waals surface area (Å²) in [5.41, 5.74) is 1.07. The lowest BCUT2D eigenvalue weighted by Crippen LogP contribution is -2.42. The van der Waals surface area contributed by atoms with Crippen LogP contribution in [-0.2, 0) is 11.2 Å². The van der Waals surface area contributed by atoms with Gasteiger partial charge in [-0.1, -0.05) is 58.0 Å². The Bertz CT molecular complexity index is 335. The number of nitrogens with one attached hydrogen (secondary N) is 1. The number of carbonyl (C=O) groups excluding carboxylic acids is 1. The first-order chi connectivity index (χ1) is 8.00. The van der Waals surface area contributed by atoms with Crippen molar-refractivity contribution in [3.63, 3.8) is 0 Å². The fraction of sp³-hybridized carbons (Fsp3) is 0.533. The summed E-state index contributed by atoms with van der Waals surface area (Å²) in [6, 6.07) is 10.1. The van der Waals surface area contributed by atoms with Gasteiger partial charge in [-0.15, -0.1) is 0 Å². The normalized spacial score (nSPS) is 11.2. The first-order valence-corrected chi connectivity index (χ1v) is 6.34. The van der Waals surface area contributed by atoms with Crippen LogP contribution in [-0.4, -0.2) is 11.9 Å². The van der Waals surface area contributed by atoms with Crippen molar-refractivity contribution in [2.75, 3.05) is 0 Å². The summed E-state index contributed by atoms with van der Waals surface area (Å²) in [6.45, 7) is 8.59. The summed E-state index contributed by atoms with van der Waals surface area (Å²) >= 11 is 0. The van der Waals surface area contributed by atoms with Crippen LogP contribution in [0.4, 0.5) is 0 Å². The van der Waals surface area contributed by atoms with Crippen LogP contribution in [0.25, 0.3) is 0 Å². The summed E-state index contributed by atoms with van der Waals surface area (Å²) in [5.74, 6) is 1.05. The molecule has 1 aromatic carbocycles. The molecule has 1 aromatic rings. The molecule has 0 saturated carbocycles. The van der Waals surface area contributed by atoms with Crippen LogP contribution in [0.15, 0.2) is 30.3 Å². The molecule has 0 fully saturated rings. The number of rotatable bonds is 5. The van der Waals surface area contributed by atoms with Gasteiger partial charge in [0, 0.05) is 6.04 Å². The van der Waals surface area contributed by atoms with Gasteiger partial charge in [0.25, 0.3) is 0 Å². The average molecular weight is 233 g/mol. The molecular weight excluding hydrogens is 210 g/mol. The second kappa shape index (κ2) is 6.43. The molecule has 1 rings (SSSR count). The highest BCUT2D eigenvalue weighted by molar-refractivity contribution is 5.78. The van der Waals surface area contributed by atoms with Crippen molar-refractivity contribution in [3.8, 4) is 0 Å². The van der Waals surface area contributed by atoms with Gasteiger partial charge >= 0.3 is 0 Å². The van der Waals surface area contributed by atoms with Gasteiger partial charge in [0.2, 0.25) is 5.91 Å². The first kappa shape index (κ1) is 13.8. The third kappa shape index (κ3) is 4.59. The van der Waals surface area contributed by atoms with Crippen molar-refractivity contribution in [1.29, 1.82) is 0 Å². The lowest BCUT2D eigenvalue weighted by Gasteiger charge is -2.26. The Morgan fingerprint density at radius 3 is 2.06 bits per heavy atom. The predicted octanol–water partition coefficient (Wildman–Crippen LogP) is 3.03. The van der Waals surface area contributed by atoms with Gasteiger partial charge in [-0.05, 0) is 17.4 Å². The van der Waals surface area contributed by atoms with E-state index in [1.807, 2.05) is 30.3 Å². The van der Waals surface area contributed by atoms with Crippen LogP contribution >= 0.6 is 0 Å². The molecule has 17 heavy (non-hydrogen) atoms. The maximum atomic E-state index is 11.9. The van der Waals surface area contributed by atoms with Crippen molar-refractivity contribution >= 4 is 5.91 Å². The molecule has 0 aliphatic rings. The molecule has 0 aliphatic heterocycles. The van der Waals surface area contributed by atoms with E-state index in [2.05, 4.69) is 33.0 Å². The molecule has 0 radical (unpaired) electrons. The Morgan fingerprint density at radius 2 is 1.59 bits per heavy atom. The molecule has 0 atom stereocenters. The minimum Gasteiger partial charge on any atom is -0.353 e. The first-order valence-electron chi connectivity index (χ1n) is 6.34. The fourth-order valence-electron chi connectivity index (χ4n) is 2.12. The molecule has 0 saturated heterocycles. The molecular formula is C15H23NO. The van der Waals surface area contributed by atoms with Crippen LogP contribution < -0.4 is 5.32 Å². The van der Waals surface area contributed by atoms with E-state index in [9.17, 15) is 4.79 Å². The van der Waals surface area contributed by atoms with Gasteiger partial charge in [0.15, 0.2) is 0 Å². The van der Waals surface area contributed by atoms with E-state index in [0.717, 1.165) is 5.56 Å². The monoisotopic (exact) mass is 233 g/mol. The van der Waals surface area contributed by atoms with E-state index in [1.165, 1.54) is 0 Å². The van der Waals surface area contributed by atoms with Gasteiger partial charge < -0.3 is 5.32 Å². The van der Waals surface area contributed by atoms with Gasteiger partial charge in [0.1, 0.15) is 0 Å². The third-order valence-corrected chi connectivity index (χ3v) is 2.97. The van der Waals surface area contributed by atoms with E-state index in [1.54, 1.807) is 0 Å². The van der Waals surface area contributed by atoms with Crippen LogP contribution in [0.3, 0.4) is 0 Å². The largest absolute Gasteiger partial charge is 0.353 e. The maximum Gasteiger partial charge on any atom is 0.224 e. The van der Waals surface area contributed by atoms with Crippen molar-refractivity contribution in [1.82, 2.24) is 5.32 Å². The summed E-state index contributed by atoms with van der Waals surface area (Å²) in [5, 5.41) is 3.13. The number of benzene rings is 1. The van der Waals surface area contributed by atoms with Gasteiger partial charge in [-0.2, -0.15) is 0 Å². The van der Waals surface area contributed by atoms with Gasteiger partial charge in [0.05, 0.1) is 6.42 Å². The lowest BCUT2D eigenvalue weighted by molar-refractivity contribution is -0.121. The smallest absolute Gasteiger partial charge is 0.224 e. The van der Waals surface area contributed by atoms with Crippen LogP contribution in [0.1, 0.15) is 33.3 Å². The van der Waals surface area contributed by atoms with E-state index in [4.69, 9.17) is 0 Å². The Morgan fingerprint density at radius 1 is 1.06 bits per heavy atom. The Kier molecular flexibility index (Phi) is 5.20. The average Bonchev–Trinajstić information content (AvgIpc) is 2.26. The highest BCUT2D eigenvalue weighted by atomic mass is 16.1. The molecule has 2 nitrogen and oxygen atoms in total. The zero-order chi connectivity index (χ0) is 12.8. The maximum absolute atomic E-state index is 11.9. The minimum atomic E-state index is 0.114. The Hall–Kier alpha value is -1.31. The third-order valence-electron chi connectivity index (χ3n) is 2.97. The zero-order valence-corrected chi connectivity index (χ0v) is 11.2. The number of hydrogen-bond donors (Lipinski definition) is 1. The fourth-order valence-corrected chi connectivity index (χ4v) is 2.12. The van der Waals surface area contributed by atoms with Crippen molar-refractivity contribution in [3.05, 3.63) is 35.9 Å². The highest BCUT2D eigenvalue weighted by Crippen LogP contribution is 2.12. The second-order valence-electron chi connectivity index (χ2n) is 5.24. The number of hydrogen-bond acceptors (Lipinski definition) is 1. The minimum absolute atomic E-state index is 0.114. The molecule has 1 amide bonds. The van der Waals surface area contributed by atoms with E-state index >= 15 is 0 Å². The van der Waals surface area contributed by atoms with E-state index in [0.29, 0.717) is 18.3 Å². The topological polar surface area (TPSA) is 29.1 Å². The molecule has 0 aromatic heterocycles. The Labute approximate surface area is 104 Å². The molecule has 2 heteroatoms. The zero-order valence-electron chi connectivity index (χ0n) is 11.2. The van der Waals surface area contributed by atoms with Crippen LogP contribution in [0, 0.1) is 11.8 Å². The molecule has 0 spiro atoms. The summed E-state index contributed by atoms with van der Waals surface area (Å²) in [7, 11) is 0. The summed E-state index contributed by atoms with van der Waals surface area (Å²) in [6.07, 6.45) is 0.469. The molecule has 0 aliphatic carbocycles. The quantitative estimate of drug-likeness (QED) is 0.832. The van der Waals surface area contributed by atoms with Crippen molar-refractivity contribution in [2.24, 2.45) is 11.8 Å². The molecule has 0 bridgehead atoms. The summed E-state index contributed by atoms with van der Waals surface area (Å²) < 4.78 is 0. The van der Waals surface area contributed by atoms with Gasteiger partial charge in [-0.25, -0.2) is 0 Å². The van der Waals surface area contributed by atoms with Crippen LogP contribution in [0.2, 0.25) is 0 Å².